The molecule has 0 spiro atoms. The minimum atomic E-state index is -0.640. The zero-order valence-corrected chi connectivity index (χ0v) is 11.2. The van der Waals surface area contributed by atoms with E-state index in [1.807, 2.05) is 0 Å². The molecule has 0 radical (unpaired) electrons. The fourth-order valence-corrected chi connectivity index (χ4v) is 1.20. The average molecular weight is 262 g/mol. The van der Waals surface area contributed by atoms with Gasteiger partial charge in [0.05, 0.1) is 19.8 Å². The molecule has 0 rings (SSSR count). The number of hydrogen-bond acceptors (Lipinski definition) is 5. The predicted molar refractivity (Wildman–Crippen MR) is 65.2 cm³/mol. The maximum atomic E-state index is 11.8. The van der Waals surface area contributed by atoms with Crippen LogP contribution in [-0.4, -0.2) is 77.5 Å². The molecule has 0 saturated heterocycles. The molecule has 0 fully saturated rings. The standard InChI is InChI=1S/C11H22N2O5/c1-16-7-4-12-10(14)11(15)13(5-8-17-2)6-9-18-3/h4-9H2,1-3H3,(H,12,14). The maximum Gasteiger partial charge on any atom is 0.312 e. The molecule has 0 unspecified atom stereocenters. The number of ether oxygens (including phenoxy) is 3. The summed E-state index contributed by atoms with van der Waals surface area (Å²) in [5, 5.41) is 2.48. The molecule has 0 saturated carbocycles. The zero-order valence-electron chi connectivity index (χ0n) is 11.2. The molecular weight excluding hydrogens is 240 g/mol. The monoisotopic (exact) mass is 262 g/mol. The molecule has 0 heterocycles. The van der Waals surface area contributed by atoms with Gasteiger partial charge in [-0.3, -0.25) is 9.59 Å². The third kappa shape index (κ3) is 7.21. The van der Waals surface area contributed by atoms with Crippen LogP contribution in [0.1, 0.15) is 0 Å². The highest BCUT2D eigenvalue weighted by atomic mass is 16.5. The second-order valence-electron chi connectivity index (χ2n) is 3.53. The molecule has 0 aromatic rings. The first kappa shape index (κ1) is 16.8. The van der Waals surface area contributed by atoms with Crippen LogP contribution in [0.15, 0.2) is 0 Å². The van der Waals surface area contributed by atoms with Crippen LogP contribution >= 0.6 is 0 Å². The van der Waals surface area contributed by atoms with E-state index < -0.39 is 11.8 Å². The molecule has 7 nitrogen and oxygen atoms in total. The summed E-state index contributed by atoms with van der Waals surface area (Å²) in [5.74, 6) is -1.22. The lowest BCUT2D eigenvalue weighted by Crippen LogP contribution is -2.46. The average Bonchev–Trinajstić information content (AvgIpc) is 2.38. The number of rotatable bonds is 9. The lowest BCUT2D eigenvalue weighted by Gasteiger charge is -2.21. The Hall–Kier alpha value is -1.18. The van der Waals surface area contributed by atoms with E-state index in [9.17, 15) is 9.59 Å². The van der Waals surface area contributed by atoms with Crippen molar-refractivity contribution < 1.29 is 23.8 Å². The summed E-state index contributed by atoms with van der Waals surface area (Å²) in [4.78, 5) is 24.8. The highest BCUT2D eigenvalue weighted by molar-refractivity contribution is 6.35. The van der Waals surface area contributed by atoms with Gasteiger partial charge in [-0.2, -0.15) is 0 Å². The van der Waals surface area contributed by atoms with Crippen LogP contribution in [0.25, 0.3) is 0 Å². The van der Waals surface area contributed by atoms with E-state index >= 15 is 0 Å². The summed E-state index contributed by atoms with van der Waals surface area (Å²) >= 11 is 0. The Kier molecular flexibility index (Phi) is 10.2. The topological polar surface area (TPSA) is 77.1 Å². The second-order valence-corrected chi connectivity index (χ2v) is 3.53. The Labute approximate surface area is 107 Å². The predicted octanol–water partition coefficient (Wildman–Crippen LogP) is -1.13. The number of amides is 2. The van der Waals surface area contributed by atoms with E-state index in [1.54, 1.807) is 0 Å². The van der Waals surface area contributed by atoms with E-state index in [1.165, 1.54) is 26.2 Å². The van der Waals surface area contributed by atoms with E-state index in [2.05, 4.69) is 5.32 Å². The Morgan fingerprint density at radius 3 is 1.89 bits per heavy atom. The molecule has 7 heteroatoms. The number of hydrogen-bond donors (Lipinski definition) is 1. The molecule has 0 aliphatic heterocycles. The zero-order chi connectivity index (χ0) is 13.8. The van der Waals surface area contributed by atoms with E-state index in [4.69, 9.17) is 14.2 Å². The summed E-state index contributed by atoms with van der Waals surface area (Å²) in [6.07, 6.45) is 0. The Bertz CT molecular complexity index is 240. The van der Waals surface area contributed by atoms with Gasteiger partial charge in [0.1, 0.15) is 0 Å². The Morgan fingerprint density at radius 1 is 0.944 bits per heavy atom. The van der Waals surface area contributed by atoms with Crippen molar-refractivity contribution in [2.75, 3.05) is 60.8 Å². The van der Waals surface area contributed by atoms with Crippen LogP contribution in [0.5, 0.6) is 0 Å². The molecule has 0 aromatic heterocycles. The van der Waals surface area contributed by atoms with Gasteiger partial charge < -0.3 is 24.4 Å². The molecule has 0 aliphatic carbocycles. The third-order valence-corrected chi connectivity index (χ3v) is 2.20. The Morgan fingerprint density at radius 2 is 1.44 bits per heavy atom. The summed E-state index contributed by atoms with van der Waals surface area (Å²) in [6.45, 7) is 2.15. The van der Waals surface area contributed by atoms with Crippen LogP contribution in [0.3, 0.4) is 0 Å². The van der Waals surface area contributed by atoms with Gasteiger partial charge in [-0.1, -0.05) is 0 Å². The summed E-state index contributed by atoms with van der Waals surface area (Å²) in [5.41, 5.74) is 0. The van der Waals surface area contributed by atoms with Gasteiger partial charge in [0.2, 0.25) is 0 Å². The minimum absolute atomic E-state index is 0.309. The smallest absolute Gasteiger partial charge is 0.312 e. The van der Waals surface area contributed by atoms with Crippen LogP contribution in [-0.2, 0) is 23.8 Å². The normalized spacial score (nSPS) is 10.2. The lowest BCUT2D eigenvalue weighted by atomic mass is 10.4. The van der Waals surface area contributed by atoms with E-state index in [0.717, 1.165) is 0 Å². The highest BCUT2D eigenvalue weighted by Crippen LogP contribution is 1.91. The molecule has 1 N–H and O–H groups in total. The molecule has 0 atom stereocenters. The molecule has 18 heavy (non-hydrogen) atoms. The van der Waals surface area contributed by atoms with E-state index in [0.29, 0.717) is 39.5 Å². The summed E-state index contributed by atoms with van der Waals surface area (Å²) < 4.78 is 14.6. The number of methoxy groups -OCH3 is 3. The molecule has 2 amide bonds. The highest BCUT2D eigenvalue weighted by Gasteiger charge is 2.20. The van der Waals surface area contributed by atoms with Crippen LogP contribution in [0.2, 0.25) is 0 Å². The summed E-state index contributed by atoms with van der Waals surface area (Å²) in [6, 6.07) is 0. The van der Waals surface area contributed by atoms with Crippen LogP contribution in [0.4, 0.5) is 0 Å². The van der Waals surface area contributed by atoms with Crippen molar-refractivity contribution in [2.24, 2.45) is 0 Å². The van der Waals surface area contributed by atoms with Crippen LogP contribution < -0.4 is 5.32 Å². The first-order valence-corrected chi connectivity index (χ1v) is 5.71. The van der Waals surface area contributed by atoms with Gasteiger partial charge >= 0.3 is 11.8 Å². The van der Waals surface area contributed by atoms with E-state index in [-0.39, 0.29) is 0 Å². The number of nitrogens with one attached hydrogen (secondary N) is 1. The molecule has 0 bridgehead atoms. The third-order valence-electron chi connectivity index (χ3n) is 2.20. The van der Waals surface area contributed by atoms with Crippen molar-refractivity contribution in [3.8, 4) is 0 Å². The first-order chi connectivity index (χ1) is 8.67. The van der Waals surface area contributed by atoms with Gasteiger partial charge in [0.15, 0.2) is 0 Å². The number of carbonyl (C=O) groups excluding carboxylic acids is 2. The molecule has 106 valence electrons. The lowest BCUT2D eigenvalue weighted by molar-refractivity contribution is -0.146. The fraction of sp³-hybridized carbons (Fsp3) is 0.818. The quantitative estimate of drug-likeness (QED) is 0.420. The largest absolute Gasteiger partial charge is 0.383 e. The Balaban J connectivity index is 4.19. The summed E-state index contributed by atoms with van der Waals surface area (Å²) in [7, 11) is 4.60. The van der Waals surface area contributed by atoms with Crippen molar-refractivity contribution in [3.63, 3.8) is 0 Å². The fourth-order valence-electron chi connectivity index (χ4n) is 1.20. The number of nitrogens with zero attached hydrogens (tertiary/aromatic N) is 1. The van der Waals surface area contributed by atoms with Gasteiger partial charge in [-0.25, -0.2) is 0 Å². The van der Waals surface area contributed by atoms with Crippen molar-refractivity contribution in [1.82, 2.24) is 10.2 Å². The first-order valence-electron chi connectivity index (χ1n) is 5.71. The molecular formula is C11H22N2O5. The maximum absolute atomic E-state index is 11.8. The van der Waals surface area contributed by atoms with Crippen molar-refractivity contribution in [3.05, 3.63) is 0 Å². The second kappa shape index (κ2) is 10.9. The van der Waals surface area contributed by atoms with Crippen molar-refractivity contribution in [2.45, 2.75) is 0 Å². The SMILES string of the molecule is COCCNC(=O)C(=O)N(CCOC)CCOC. The van der Waals surface area contributed by atoms with Gasteiger partial charge in [0, 0.05) is 41.0 Å². The van der Waals surface area contributed by atoms with Crippen LogP contribution in [0, 0.1) is 0 Å². The van der Waals surface area contributed by atoms with Gasteiger partial charge in [-0.05, 0) is 0 Å². The number of carbonyl (C=O) groups is 2. The van der Waals surface area contributed by atoms with Gasteiger partial charge in [0.25, 0.3) is 0 Å². The van der Waals surface area contributed by atoms with Crippen molar-refractivity contribution >= 4 is 11.8 Å². The molecule has 0 aliphatic rings. The minimum Gasteiger partial charge on any atom is -0.383 e. The van der Waals surface area contributed by atoms with Gasteiger partial charge in [-0.15, -0.1) is 0 Å². The molecule has 0 aromatic carbocycles. The van der Waals surface area contributed by atoms with Crippen molar-refractivity contribution in [1.29, 1.82) is 0 Å².